The minimum atomic E-state index is -0.865. The molecule has 1 saturated heterocycles. The fourth-order valence-electron chi connectivity index (χ4n) is 2.95. The van der Waals surface area contributed by atoms with Gasteiger partial charge >= 0.3 is 0 Å². The molecule has 5 heteroatoms. The molecule has 0 aromatic carbocycles. The molecule has 2 heterocycles. The zero-order valence-corrected chi connectivity index (χ0v) is 13.1. The van der Waals surface area contributed by atoms with Gasteiger partial charge in [-0.25, -0.2) is 0 Å². The number of aryl methyl sites for hydroxylation is 1. The standard InChI is InChI=1S/C15H28N4O/c1-5-19-7-6-14(12(2)9-19)16-11-15(3,20)13-8-17-18(4)10-13/h8,10,12,14,16,20H,5-7,9,11H2,1-4H3. The number of nitrogens with zero attached hydrogens (tertiary/aromatic N) is 3. The molecule has 1 aliphatic heterocycles. The summed E-state index contributed by atoms with van der Waals surface area (Å²) in [6, 6.07) is 0.487. The third-order valence-electron chi connectivity index (χ3n) is 4.47. The molecule has 3 unspecified atom stereocenters. The van der Waals surface area contributed by atoms with E-state index >= 15 is 0 Å². The van der Waals surface area contributed by atoms with Crippen LogP contribution in [0.1, 0.15) is 32.8 Å². The number of hydrogen-bond acceptors (Lipinski definition) is 4. The molecule has 3 atom stereocenters. The van der Waals surface area contributed by atoms with Gasteiger partial charge in [0.05, 0.1) is 6.20 Å². The lowest BCUT2D eigenvalue weighted by molar-refractivity contribution is 0.0454. The van der Waals surface area contributed by atoms with Crippen LogP contribution in [-0.2, 0) is 12.6 Å². The average molecular weight is 280 g/mol. The molecule has 114 valence electrons. The minimum absolute atomic E-state index is 0.487. The van der Waals surface area contributed by atoms with Crippen LogP contribution in [0, 0.1) is 5.92 Å². The van der Waals surface area contributed by atoms with Crippen LogP contribution in [-0.4, -0.2) is 52.0 Å². The fourth-order valence-corrected chi connectivity index (χ4v) is 2.95. The molecule has 0 amide bonds. The summed E-state index contributed by atoms with van der Waals surface area (Å²) in [5.74, 6) is 0.619. The van der Waals surface area contributed by atoms with Gasteiger partial charge in [0.2, 0.25) is 0 Å². The second-order valence-corrected chi connectivity index (χ2v) is 6.32. The van der Waals surface area contributed by atoms with Gasteiger partial charge in [0.1, 0.15) is 5.60 Å². The maximum absolute atomic E-state index is 10.6. The molecule has 2 rings (SSSR count). The van der Waals surface area contributed by atoms with Crippen molar-refractivity contribution >= 4 is 0 Å². The van der Waals surface area contributed by atoms with Crippen molar-refractivity contribution in [3.63, 3.8) is 0 Å². The van der Waals surface area contributed by atoms with Crippen molar-refractivity contribution in [2.24, 2.45) is 13.0 Å². The summed E-state index contributed by atoms with van der Waals surface area (Å²) in [7, 11) is 1.87. The fraction of sp³-hybridized carbons (Fsp3) is 0.800. The van der Waals surface area contributed by atoms with E-state index in [1.54, 1.807) is 10.9 Å². The van der Waals surface area contributed by atoms with E-state index in [0.29, 0.717) is 18.5 Å². The van der Waals surface area contributed by atoms with Gasteiger partial charge in [-0.05, 0) is 32.4 Å². The van der Waals surface area contributed by atoms with Gasteiger partial charge in [0.25, 0.3) is 0 Å². The van der Waals surface area contributed by atoms with Gasteiger partial charge < -0.3 is 15.3 Å². The lowest BCUT2D eigenvalue weighted by atomic mass is 9.92. The van der Waals surface area contributed by atoms with E-state index in [1.807, 2.05) is 20.2 Å². The van der Waals surface area contributed by atoms with Crippen LogP contribution in [0.5, 0.6) is 0 Å². The van der Waals surface area contributed by atoms with Crippen molar-refractivity contribution in [1.29, 1.82) is 0 Å². The summed E-state index contributed by atoms with van der Waals surface area (Å²) >= 11 is 0. The summed E-state index contributed by atoms with van der Waals surface area (Å²) < 4.78 is 1.73. The molecular weight excluding hydrogens is 252 g/mol. The highest BCUT2D eigenvalue weighted by atomic mass is 16.3. The first-order chi connectivity index (χ1) is 9.42. The van der Waals surface area contributed by atoms with Gasteiger partial charge in [0.15, 0.2) is 0 Å². The van der Waals surface area contributed by atoms with Crippen molar-refractivity contribution in [2.75, 3.05) is 26.2 Å². The molecule has 0 saturated carbocycles. The Morgan fingerprint density at radius 1 is 1.55 bits per heavy atom. The summed E-state index contributed by atoms with van der Waals surface area (Å²) in [5, 5.41) is 18.3. The summed E-state index contributed by atoms with van der Waals surface area (Å²) in [4.78, 5) is 2.49. The van der Waals surface area contributed by atoms with Crippen LogP contribution < -0.4 is 5.32 Å². The smallest absolute Gasteiger partial charge is 0.102 e. The van der Waals surface area contributed by atoms with E-state index in [9.17, 15) is 5.11 Å². The van der Waals surface area contributed by atoms with Gasteiger partial charge in [-0.15, -0.1) is 0 Å². The molecular formula is C15H28N4O. The van der Waals surface area contributed by atoms with E-state index in [1.165, 1.54) is 0 Å². The predicted molar refractivity (Wildman–Crippen MR) is 80.5 cm³/mol. The molecule has 1 aromatic heterocycles. The van der Waals surface area contributed by atoms with E-state index < -0.39 is 5.60 Å². The first kappa shape index (κ1) is 15.5. The molecule has 1 aromatic rings. The van der Waals surface area contributed by atoms with Gasteiger partial charge in [-0.2, -0.15) is 5.10 Å². The first-order valence-corrected chi connectivity index (χ1v) is 7.59. The topological polar surface area (TPSA) is 53.3 Å². The maximum atomic E-state index is 10.6. The Bertz CT molecular complexity index is 429. The Labute approximate surface area is 122 Å². The Hall–Kier alpha value is -0.910. The lowest BCUT2D eigenvalue weighted by Gasteiger charge is -2.38. The maximum Gasteiger partial charge on any atom is 0.102 e. The van der Waals surface area contributed by atoms with Crippen LogP contribution in [0.2, 0.25) is 0 Å². The van der Waals surface area contributed by atoms with Gasteiger partial charge in [-0.3, -0.25) is 4.68 Å². The van der Waals surface area contributed by atoms with Crippen molar-refractivity contribution in [2.45, 2.75) is 38.8 Å². The van der Waals surface area contributed by atoms with E-state index in [4.69, 9.17) is 0 Å². The van der Waals surface area contributed by atoms with Crippen molar-refractivity contribution in [3.05, 3.63) is 18.0 Å². The van der Waals surface area contributed by atoms with Gasteiger partial charge in [0, 0.05) is 37.9 Å². The quantitative estimate of drug-likeness (QED) is 0.843. The number of nitrogens with one attached hydrogen (secondary N) is 1. The van der Waals surface area contributed by atoms with Crippen molar-refractivity contribution in [3.8, 4) is 0 Å². The van der Waals surface area contributed by atoms with E-state index in [0.717, 1.165) is 31.6 Å². The lowest BCUT2D eigenvalue weighted by Crippen LogP contribution is -2.51. The summed E-state index contributed by atoms with van der Waals surface area (Å²) in [6.45, 7) is 10.3. The Kier molecular flexibility index (Phi) is 4.83. The number of piperidine rings is 1. The van der Waals surface area contributed by atoms with Crippen molar-refractivity contribution in [1.82, 2.24) is 20.0 Å². The van der Waals surface area contributed by atoms with Crippen LogP contribution >= 0.6 is 0 Å². The van der Waals surface area contributed by atoms with Crippen LogP contribution in [0.3, 0.4) is 0 Å². The normalized spacial score (nSPS) is 27.4. The SMILES string of the molecule is CCN1CCC(NCC(C)(O)c2cnn(C)c2)C(C)C1. The number of hydrogen-bond donors (Lipinski definition) is 2. The highest BCUT2D eigenvalue weighted by Crippen LogP contribution is 2.21. The predicted octanol–water partition coefficient (Wildman–Crippen LogP) is 0.948. The molecule has 0 spiro atoms. The third-order valence-corrected chi connectivity index (χ3v) is 4.47. The summed E-state index contributed by atoms with van der Waals surface area (Å²) in [5.41, 5.74) is 0.00160. The zero-order chi connectivity index (χ0) is 14.8. The van der Waals surface area contributed by atoms with Crippen LogP contribution in [0.25, 0.3) is 0 Å². The minimum Gasteiger partial charge on any atom is -0.384 e. The Morgan fingerprint density at radius 2 is 2.30 bits per heavy atom. The monoisotopic (exact) mass is 280 g/mol. The molecule has 5 nitrogen and oxygen atoms in total. The third kappa shape index (κ3) is 3.59. The second kappa shape index (κ2) is 6.24. The number of aromatic nitrogens is 2. The molecule has 0 bridgehead atoms. The largest absolute Gasteiger partial charge is 0.384 e. The van der Waals surface area contributed by atoms with Crippen molar-refractivity contribution < 1.29 is 5.11 Å². The molecule has 20 heavy (non-hydrogen) atoms. The molecule has 0 radical (unpaired) electrons. The molecule has 1 fully saturated rings. The Morgan fingerprint density at radius 3 is 2.85 bits per heavy atom. The molecule has 1 aliphatic rings. The second-order valence-electron chi connectivity index (χ2n) is 6.32. The number of rotatable bonds is 5. The first-order valence-electron chi connectivity index (χ1n) is 7.59. The zero-order valence-electron chi connectivity index (χ0n) is 13.1. The number of aliphatic hydroxyl groups is 1. The highest BCUT2D eigenvalue weighted by molar-refractivity contribution is 5.14. The van der Waals surface area contributed by atoms with Crippen LogP contribution in [0.4, 0.5) is 0 Å². The molecule has 2 N–H and O–H groups in total. The van der Waals surface area contributed by atoms with Gasteiger partial charge in [-0.1, -0.05) is 13.8 Å². The van der Waals surface area contributed by atoms with Crippen LogP contribution in [0.15, 0.2) is 12.4 Å². The van der Waals surface area contributed by atoms with E-state index in [2.05, 4.69) is 29.2 Å². The average Bonchev–Trinajstić information content (AvgIpc) is 2.85. The van der Waals surface area contributed by atoms with E-state index in [-0.39, 0.29) is 0 Å². The number of likely N-dealkylation sites (tertiary alicyclic amines) is 1. The molecule has 0 aliphatic carbocycles. The Balaban J connectivity index is 1.88. The summed E-state index contributed by atoms with van der Waals surface area (Å²) in [6.07, 6.45) is 4.77. The highest BCUT2D eigenvalue weighted by Gasteiger charge is 2.29.